The Balaban J connectivity index is 2.71. The van der Waals surface area contributed by atoms with E-state index in [9.17, 15) is 4.39 Å². The van der Waals surface area contributed by atoms with Crippen molar-refractivity contribution in [2.45, 2.75) is 26.3 Å². The first kappa shape index (κ1) is 14.9. The lowest BCUT2D eigenvalue weighted by atomic mass is 10.1. The van der Waals surface area contributed by atoms with E-state index in [-0.39, 0.29) is 17.6 Å². The van der Waals surface area contributed by atoms with Gasteiger partial charge < -0.3 is 15.4 Å². The number of nitrogens with two attached hydrogens (primary N) is 1. The van der Waals surface area contributed by atoms with Crippen molar-refractivity contribution < 1.29 is 9.13 Å². The fraction of sp³-hybridized carbons (Fsp3) is 0.571. The van der Waals surface area contributed by atoms with E-state index in [0.29, 0.717) is 0 Å². The molecule has 4 heteroatoms. The Labute approximate surface area is 109 Å². The van der Waals surface area contributed by atoms with Gasteiger partial charge in [-0.05, 0) is 37.2 Å². The molecular weight excluding hydrogens is 231 g/mol. The van der Waals surface area contributed by atoms with E-state index in [2.05, 4.69) is 18.7 Å². The number of hydrogen-bond acceptors (Lipinski definition) is 3. The Kier molecular flexibility index (Phi) is 6.09. The van der Waals surface area contributed by atoms with Crippen LogP contribution in [0.25, 0.3) is 0 Å². The van der Waals surface area contributed by atoms with Crippen LogP contribution in [0.2, 0.25) is 0 Å². The molecule has 2 N–H and O–H groups in total. The molecule has 1 atom stereocenters. The van der Waals surface area contributed by atoms with Crippen LogP contribution in [0, 0.1) is 5.82 Å². The van der Waals surface area contributed by atoms with E-state index >= 15 is 0 Å². The van der Waals surface area contributed by atoms with Crippen molar-refractivity contribution in [3.8, 4) is 5.75 Å². The largest absolute Gasteiger partial charge is 0.494 e. The van der Waals surface area contributed by atoms with Crippen molar-refractivity contribution in [2.75, 3.05) is 26.7 Å². The first-order valence-corrected chi connectivity index (χ1v) is 6.43. The maximum atomic E-state index is 13.6. The van der Waals surface area contributed by atoms with Gasteiger partial charge in [-0.25, -0.2) is 4.39 Å². The third kappa shape index (κ3) is 3.96. The van der Waals surface area contributed by atoms with Gasteiger partial charge in [-0.15, -0.1) is 0 Å². The maximum absolute atomic E-state index is 13.6. The highest BCUT2D eigenvalue weighted by Gasteiger charge is 2.13. The molecule has 102 valence electrons. The molecule has 0 heterocycles. The Bertz CT molecular complexity index is 371. The summed E-state index contributed by atoms with van der Waals surface area (Å²) in [7, 11) is 1.46. The molecule has 1 aromatic carbocycles. The third-order valence-corrected chi connectivity index (χ3v) is 3.05. The number of rotatable bonds is 7. The Morgan fingerprint density at radius 3 is 2.61 bits per heavy atom. The van der Waals surface area contributed by atoms with Gasteiger partial charge in [0, 0.05) is 12.6 Å². The summed E-state index contributed by atoms with van der Waals surface area (Å²) in [6, 6.07) is 4.74. The molecule has 0 spiro atoms. The molecule has 3 nitrogen and oxygen atoms in total. The summed E-state index contributed by atoms with van der Waals surface area (Å²) in [6.07, 6.45) is 1.09. The van der Waals surface area contributed by atoms with Crippen LogP contribution in [0.5, 0.6) is 5.75 Å². The minimum Gasteiger partial charge on any atom is -0.494 e. The van der Waals surface area contributed by atoms with Crippen molar-refractivity contribution in [1.82, 2.24) is 4.90 Å². The average Bonchev–Trinajstić information content (AvgIpc) is 2.37. The van der Waals surface area contributed by atoms with Gasteiger partial charge in [0.25, 0.3) is 0 Å². The van der Waals surface area contributed by atoms with Crippen LogP contribution < -0.4 is 10.5 Å². The van der Waals surface area contributed by atoms with Crippen molar-refractivity contribution in [3.05, 3.63) is 29.6 Å². The minimum absolute atomic E-state index is 0.170. The summed E-state index contributed by atoms with van der Waals surface area (Å²) in [4.78, 5) is 2.27. The number of likely N-dealkylation sites (N-methyl/N-ethyl adjacent to an activating group) is 1. The number of hydrogen-bond donors (Lipinski definition) is 1. The summed E-state index contributed by atoms with van der Waals surface area (Å²) in [5.74, 6) is -0.101. The molecule has 0 bridgehead atoms. The smallest absolute Gasteiger partial charge is 0.165 e. The lowest BCUT2D eigenvalue weighted by Crippen LogP contribution is -2.32. The normalized spacial score (nSPS) is 12.8. The van der Waals surface area contributed by atoms with Crippen LogP contribution >= 0.6 is 0 Å². The molecular formula is C14H23FN2O. The molecule has 0 amide bonds. The van der Waals surface area contributed by atoms with Crippen molar-refractivity contribution in [3.63, 3.8) is 0 Å². The van der Waals surface area contributed by atoms with E-state index in [4.69, 9.17) is 10.5 Å². The summed E-state index contributed by atoms with van der Waals surface area (Å²) < 4.78 is 18.5. The monoisotopic (exact) mass is 254 g/mol. The topological polar surface area (TPSA) is 38.5 Å². The highest BCUT2D eigenvalue weighted by molar-refractivity contribution is 5.31. The van der Waals surface area contributed by atoms with Crippen molar-refractivity contribution in [1.29, 1.82) is 0 Å². The first-order chi connectivity index (χ1) is 8.62. The fourth-order valence-corrected chi connectivity index (χ4v) is 1.99. The quantitative estimate of drug-likeness (QED) is 0.812. The molecule has 1 rings (SSSR count). The number of nitrogens with zero attached hydrogens (tertiary/aromatic N) is 1. The summed E-state index contributed by atoms with van der Waals surface area (Å²) in [6.45, 7) is 6.97. The van der Waals surface area contributed by atoms with E-state index in [1.165, 1.54) is 13.2 Å². The second-order valence-electron chi connectivity index (χ2n) is 4.39. The fourth-order valence-electron chi connectivity index (χ4n) is 1.99. The number of methoxy groups -OCH3 is 1. The van der Waals surface area contributed by atoms with E-state index < -0.39 is 0 Å². The van der Waals surface area contributed by atoms with Gasteiger partial charge >= 0.3 is 0 Å². The molecule has 0 aliphatic rings. The molecule has 0 fully saturated rings. The molecule has 1 aromatic rings. The van der Waals surface area contributed by atoms with Crippen LogP contribution in [-0.4, -0.2) is 31.6 Å². The second-order valence-corrected chi connectivity index (χ2v) is 4.39. The SMILES string of the molecule is CCCN(CC)CC(N)c1ccc(OC)c(F)c1. The first-order valence-electron chi connectivity index (χ1n) is 6.43. The summed E-state index contributed by atoms with van der Waals surface area (Å²) in [5.41, 5.74) is 6.92. The number of benzene rings is 1. The molecule has 0 aliphatic carbocycles. The molecule has 0 aromatic heterocycles. The summed E-state index contributed by atoms with van der Waals surface area (Å²) >= 11 is 0. The van der Waals surface area contributed by atoms with Gasteiger partial charge in [-0.3, -0.25) is 0 Å². The van der Waals surface area contributed by atoms with Gasteiger partial charge in [0.2, 0.25) is 0 Å². The second kappa shape index (κ2) is 7.34. The minimum atomic E-state index is -0.357. The van der Waals surface area contributed by atoms with Gasteiger partial charge in [0.1, 0.15) is 0 Å². The summed E-state index contributed by atoms with van der Waals surface area (Å²) in [5, 5.41) is 0. The van der Waals surface area contributed by atoms with Gasteiger partial charge in [0.15, 0.2) is 11.6 Å². The van der Waals surface area contributed by atoms with Gasteiger partial charge in [0.05, 0.1) is 7.11 Å². The van der Waals surface area contributed by atoms with E-state index in [1.807, 2.05) is 6.07 Å². The highest BCUT2D eigenvalue weighted by Crippen LogP contribution is 2.21. The Morgan fingerprint density at radius 2 is 2.11 bits per heavy atom. The van der Waals surface area contributed by atoms with E-state index in [0.717, 1.165) is 31.6 Å². The zero-order valence-corrected chi connectivity index (χ0v) is 11.4. The van der Waals surface area contributed by atoms with Crippen molar-refractivity contribution >= 4 is 0 Å². The van der Waals surface area contributed by atoms with Crippen LogP contribution in [0.3, 0.4) is 0 Å². The maximum Gasteiger partial charge on any atom is 0.165 e. The van der Waals surface area contributed by atoms with Crippen LogP contribution in [0.1, 0.15) is 31.9 Å². The molecule has 0 aliphatic heterocycles. The predicted octanol–water partition coefficient (Wildman–Crippen LogP) is 2.57. The lowest BCUT2D eigenvalue weighted by molar-refractivity contribution is 0.271. The molecule has 18 heavy (non-hydrogen) atoms. The number of halogens is 1. The average molecular weight is 254 g/mol. The number of ether oxygens (including phenoxy) is 1. The van der Waals surface area contributed by atoms with Crippen LogP contribution in [0.4, 0.5) is 4.39 Å². The standard InChI is InChI=1S/C14H23FN2O/c1-4-8-17(5-2)10-13(16)11-6-7-14(18-3)12(15)9-11/h6-7,9,13H,4-5,8,10,16H2,1-3H3. The molecule has 0 radical (unpaired) electrons. The van der Waals surface area contributed by atoms with E-state index in [1.54, 1.807) is 6.07 Å². The molecule has 0 saturated heterocycles. The Morgan fingerprint density at radius 1 is 1.39 bits per heavy atom. The third-order valence-electron chi connectivity index (χ3n) is 3.05. The van der Waals surface area contributed by atoms with Gasteiger partial charge in [-0.2, -0.15) is 0 Å². The lowest BCUT2D eigenvalue weighted by Gasteiger charge is -2.24. The van der Waals surface area contributed by atoms with Crippen LogP contribution in [-0.2, 0) is 0 Å². The predicted molar refractivity (Wildman–Crippen MR) is 72.3 cm³/mol. The van der Waals surface area contributed by atoms with Crippen LogP contribution in [0.15, 0.2) is 18.2 Å². The van der Waals surface area contributed by atoms with Gasteiger partial charge in [-0.1, -0.05) is 19.9 Å². The molecule has 0 saturated carbocycles. The molecule has 1 unspecified atom stereocenters. The zero-order chi connectivity index (χ0) is 13.5. The highest BCUT2D eigenvalue weighted by atomic mass is 19.1. The van der Waals surface area contributed by atoms with Crippen molar-refractivity contribution in [2.24, 2.45) is 5.73 Å². The Hall–Kier alpha value is -1.13. The zero-order valence-electron chi connectivity index (χ0n) is 11.4.